The van der Waals surface area contributed by atoms with Crippen molar-refractivity contribution in [3.63, 3.8) is 0 Å². The molecule has 0 saturated carbocycles. The van der Waals surface area contributed by atoms with Crippen LogP contribution in [0.1, 0.15) is 13.3 Å². The van der Waals surface area contributed by atoms with Gasteiger partial charge in [0, 0.05) is 25.7 Å². The highest BCUT2D eigenvalue weighted by Gasteiger charge is 2.21. The molecule has 1 unspecified atom stereocenters. The second-order valence-corrected chi connectivity index (χ2v) is 4.51. The summed E-state index contributed by atoms with van der Waals surface area (Å²) < 4.78 is 0. The van der Waals surface area contributed by atoms with Gasteiger partial charge in [-0.15, -0.1) is 0 Å². The molecule has 16 heavy (non-hydrogen) atoms. The topological polar surface area (TPSA) is 55.8 Å². The van der Waals surface area contributed by atoms with Gasteiger partial charge in [-0.05, 0) is 26.9 Å². The van der Waals surface area contributed by atoms with Crippen LogP contribution in [-0.2, 0) is 4.79 Å². The number of hydrogen-bond donors (Lipinski definition) is 2. The highest BCUT2D eigenvalue weighted by Crippen LogP contribution is 2.07. The summed E-state index contributed by atoms with van der Waals surface area (Å²) in [5.74, 6) is 0.00505. The number of nitrogens with zero attached hydrogens (tertiary/aromatic N) is 2. The molecule has 0 aromatic rings. The van der Waals surface area contributed by atoms with E-state index in [0.29, 0.717) is 19.1 Å². The number of amides is 1. The van der Waals surface area contributed by atoms with E-state index in [1.54, 1.807) is 0 Å². The third kappa shape index (κ3) is 4.47. The Kier molecular flexibility index (Phi) is 5.73. The average Bonchev–Trinajstić information content (AvgIpc) is 2.38. The molecular formula is C11H23N3O2. The molecule has 94 valence electrons. The second kappa shape index (κ2) is 6.83. The minimum Gasteiger partial charge on any atom is -0.395 e. The van der Waals surface area contributed by atoms with Crippen LogP contribution in [-0.4, -0.2) is 73.2 Å². The van der Waals surface area contributed by atoms with Crippen molar-refractivity contribution in [2.24, 2.45) is 0 Å². The summed E-state index contributed by atoms with van der Waals surface area (Å²) in [6.45, 7) is 6.02. The number of carbonyl (C=O) groups is 1. The zero-order valence-corrected chi connectivity index (χ0v) is 10.3. The van der Waals surface area contributed by atoms with Crippen LogP contribution in [0, 0.1) is 0 Å². The van der Waals surface area contributed by atoms with Gasteiger partial charge in [-0.2, -0.15) is 0 Å². The van der Waals surface area contributed by atoms with Gasteiger partial charge >= 0.3 is 0 Å². The zero-order valence-electron chi connectivity index (χ0n) is 10.3. The molecule has 0 aromatic carbocycles. The second-order valence-electron chi connectivity index (χ2n) is 4.51. The molecule has 5 nitrogen and oxygen atoms in total. The summed E-state index contributed by atoms with van der Waals surface area (Å²) in [6.07, 6.45) is 1.11. The molecule has 1 atom stereocenters. The van der Waals surface area contributed by atoms with Gasteiger partial charge in [-0.3, -0.25) is 9.69 Å². The Balaban J connectivity index is 2.36. The van der Waals surface area contributed by atoms with Crippen LogP contribution in [0.3, 0.4) is 0 Å². The van der Waals surface area contributed by atoms with Gasteiger partial charge in [0.15, 0.2) is 0 Å². The molecule has 0 radical (unpaired) electrons. The lowest BCUT2D eigenvalue weighted by Gasteiger charge is -2.27. The van der Waals surface area contributed by atoms with Crippen molar-refractivity contribution in [1.82, 2.24) is 15.1 Å². The van der Waals surface area contributed by atoms with Crippen molar-refractivity contribution < 1.29 is 9.90 Å². The van der Waals surface area contributed by atoms with Gasteiger partial charge in [0.25, 0.3) is 0 Å². The number of hydrogen-bond acceptors (Lipinski definition) is 4. The number of carbonyl (C=O) groups excluding carboxylic acids is 1. The molecule has 0 aliphatic carbocycles. The molecule has 1 amide bonds. The Morgan fingerprint density at radius 1 is 1.50 bits per heavy atom. The van der Waals surface area contributed by atoms with Crippen molar-refractivity contribution in [2.45, 2.75) is 19.4 Å². The van der Waals surface area contributed by atoms with Crippen molar-refractivity contribution in [2.75, 3.05) is 46.4 Å². The Labute approximate surface area is 97.4 Å². The van der Waals surface area contributed by atoms with Crippen molar-refractivity contribution in [3.05, 3.63) is 0 Å². The Hall–Kier alpha value is -0.650. The van der Waals surface area contributed by atoms with E-state index in [0.717, 1.165) is 26.1 Å². The first-order valence-electron chi connectivity index (χ1n) is 5.93. The van der Waals surface area contributed by atoms with E-state index in [4.69, 9.17) is 5.11 Å². The van der Waals surface area contributed by atoms with Gasteiger partial charge in [-0.25, -0.2) is 0 Å². The highest BCUT2D eigenvalue weighted by molar-refractivity contribution is 5.78. The molecular weight excluding hydrogens is 206 g/mol. The van der Waals surface area contributed by atoms with E-state index in [9.17, 15) is 4.79 Å². The molecule has 1 aliphatic heterocycles. The minimum absolute atomic E-state index is 0.00400. The lowest BCUT2D eigenvalue weighted by atomic mass is 10.2. The summed E-state index contributed by atoms with van der Waals surface area (Å²) >= 11 is 0. The summed E-state index contributed by atoms with van der Waals surface area (Å²) in [7, 11) is 2.12. The Bertz CT molecular complexity index is 223. The van der Waals surface area contributed by atoms with E-state index >= 15 is 0 Å². The van der Waals surface area contributed by atoms with E-state index < -0.39 is 0 Å². The maximum Gasteiger partial charge on any atom is 0.234 e. The lowest BCUT2D eigenvalue weighted by molar-refractivity contribution is -0.122. The number of nitrogens with one attached hydrogen (secondary N) is 1. The Morgan fingerprint density at radius 3 is 2.94 bits per heavy atom. The fraction of sp³-hybridized carbons (Fsp3) is 0.909. The summed E-state index contributed by atoms with van der Waals surface area (Å²) in [4.78, 5) is 16.0. The number of aliphatic hydroxyl groups is 1. The molecule has 0 spiro atoms. The molecule has 1 aliphatic rings. The third-order valence-electron chi connectivity index (χ3n) is 2.97. The van der Waals surface area contributed by atoms with Crippen molar-refractivity contribution >= 4 is 5.91 Å². The SMILES string of the molecule is CC1CN(C)CCCN1CC(=O)NCCO. The lowest BCUT2D eigenvalue weighted by Crippen LogP contribution is -2.44. The van der Waals surface area contributed by atoms with Crippen LogP contribution in [0.25, 0.3) is 0 Å². The van der Waals surface area contributed by atoms with E-state index in [2.05, 4.69) is 29.1 Å². The average molecular weight is 229 g/mol. The predicted octanol–water partition coefficient (Wildman–Crippen LogP) is -0.879. The molecule has 1 saturated heterocycles. The first-order chi connectivity index (χ1) is 7.63. The van der Waals surface area contributed by atoms with Crippen LogP contribution < -0.4 is 5.32 Å². The molecule has 1 fully saturated rings. The van der Waals surface area contributed by atoms with Crippen molar-refractivity contribution in [3.8, 4) is 0 Å². The fourth-order valence-corrected chi connectivity index (χ4v) is 2.09. The smallest absolute Gasteiger partial charge is 0.234 e. The Morgan fingerprint density at radius 2 is 2.25 bits per heavy atom. The van der Waals surface area contributed by atoms with E-state index in [-0.39, 0.29) is 12.5 Å². The summed E-state index contributed by atoms with van der Waals surface area (Å²) in [6, 6.07) is 0.410. The van der Waals surface area contributed by atoms with Gasteiger partial charge < -0.3 is 15.3 Å². The fourth-order valence-electron chi connectivity index (χ4n) is 2.09. The first kappa shape index (κ1) is 13.4. The van der Waals surface area contributed by atoms with Gasteiger partial charge in [0.2, 0.25) is 5.91 Å². The molecule has 0 aromatic heterocycles. The molecule has 0 bridgehead atoms. The monoisotopic (exact) mass is 229 g/mol. The van der Waals surface area contributed by atoms with Crippen LogP contribution in [0.15, 0.2) is 0 Å². The highest BCUT2D eigenvalue weighted by atomic mass is 16.3. The standard InChI is InChI=1S/C11H23N3O2/c1-10-8-13(2)5-3-6-14(10)9-11(16)12-4-7-15/h10,15H,3-9H2,1-2H3,(H,12,16). The summed E-state index contributed by atoms with van der Waals surface area (Å²) in [5, 5.41) is 11.3. The van der Waals surface area contributed by atoms with E-state index in [1.165, 1.54) is 0 Å². The van der Waals surface area contributed by atoms with Crippen LogP contribution in [0.5, 0.6) is 0 Å². The molecule has 1 rings (SSSR count). The maximum absolute atomic E-state index is 11.5. The number of aliphatic hydroxyl groups excluding tert-OH is 1. The van der Waals surface area contributed by atoms with Gasteiger partial charge in [0.1, 0.15) is 0 Å². The predicted molar refractivity (Wildman–Crippen MR) is 63.2 cm³/mol. The molecule has 2 N–H and O–H groups in total. The van der Waals surface area contributed by atoms with Crippen LogP contribution >= 0.6 is 0 Å². The first-order valence-corrected chi connectivity index (χ1v) is 5.93. The quantitative estimate of drug-likeness (QED) is 0.657. The van der Waals surface area contributed by atoms with Crippen LogP contribution in [0.4, 0.5) is 0 Å². The van der Waals surface area contributed by atoms with Crippen molar-refractivity contribution in [1.29, 1.82) is 0 Å². The third-order valence-corrected chi connectivity index (χ3v) is 2.97. The normalized spacial score (nSPS) is 24.1. The van der Waals surface area contributed by atoms with Gasteiger partial charge in [0.05, 0.1) is 13.2 Å². The summed E-state index contributed by atoms with van der Waals surface area (Å²) in [5.41, 5.74) is 0. The minimum atomic E-state index is 0.00400. The molecule has 1 heterocycles. The maximum atomic E-state index is 11.5. The van der Waals surface area contributed by atoms with Crippen LogP contribution in [0.2, 0.25) is 0 Å². The molecule has 5 heteroatoms. The largest absolute Gasteiger partial charge is 0.395 e. The zero-order chi connectivity index (χ0) is 12.0. The van der Waals surface area contributed by atoms with E-state index in [1.807, 2.05) is 0 Å². The number of rotatable bonds is 4. The van der Waals surface area contributed by atoms with Gasteiger partial charge in [-0.1, -0.05) is 0 Å². The number of likely N-dealkylation sites (N-methyl/N-ethyl adjacent to an activating group) is 1.